The molecule has 78 heavy (non-hydrogen) atoms. The lowest BCUT2D eigenvalue weighted by atomic mass is 10.0. The molecule has 0 aliphatic rings. The number of carbonyl (C=O) groups is 2. The van der Waals surface area contributed by atoms with Gasteiger partial charge in [0.1, 0.15) is 0 Å². The number of aliphatic hydroxyl groups excluding tert-OH is 2. The Morgan fingerprint density at radius 1 is 0.359 bits per heavy atom. The van der Waals surface area contributed by atoms with E-state index in [2.05, 4.69) is 55.6 Å². The fourth-order valence-corrected chi connectivity index (χ4v) is 10.7. The van der Waals surface area contributed by atoms with Crippen molar-refractivity contribution in [3.8, 4) is 0 Å². The number of hydrogen-bond acceptors (Lipinski definition) is 5. The molecule has 2 atom stereocenters. The average molecular weight is 1090 g/mol. The van der Waals surface area contributed by atoms with Crippen LogP contribution in [0.5, 0.6) is 0 Å². The summed E-state index contributed by atoms with van der Waals surface area (Å²) < 4.78 is 5.49. The number of allylic oxidation sites excluding steroid dienone is 7. The van der Waals surface area contributed by atoms with Crippen LogP contribution in [0.15, 0.2) is 48.6 Å². The van der Waals surface area contributed by atoms with Gasteiger partial charge in [-0.15, -0.1) is 0 Å². The molecule has 0 aromatic rings. The van der Waals surface area contributed by atoms with Gasteiger partial charge in [-0.25, -0.2) is 0 Å². The van der Waals surface area contributed by atoms with Crippen LogP contribution in [0, 0.1) is 0 Å². The molecule has 0 spiro atoms. The van der Waals surface area contributed by atoms with Crippen LogP contribution in [0.2, 0.25) is 0 Å². The predicted molar refractivity (Wildman–Crippen MR) is 342 cm³/mol. The smallest absolute Gasteiger partial charge is 0.305 e. The summed E-state index contributed by atoms with van der Waals surface area (Å²) in [5.74, 6) is -0.0626. The SMILES string of the molecule is CCCCCC/C=C\C/C=C\CCCCCCCC(=O)OCCCCCCCCCCCCCC/C=C\CCCCCCCCCCCCCCCC(=O)NC(CO)C(O)/C=C/CCCCCCCCCCCCCCCC. The third kappa shape index (κ3) is 63.0. The molecule has 0 aromatic carbocycles. The highest BCUT2D eigenvalue weighted by molar-refractivity contribution is 5.76. The summed E-state index contributed by atoms with van der Waals surface area (Å²) in [6.45, 7) is 4.90. The Morgan fingerprint density at radius 2 is 0.641 bits per heavy atom. The molecule has 2 unspecified atom stereocenters. The van der Waals surface area contributed by atoms with Crippen molar-refractivity contribution in [2.45, 2.75) is 386 Å². The summed E-state index contributed by atoms with van der Waals surface area (Å²) in [6.07, 6.45) is 87.6. The Kier molecular flexibility index (Phi) is 65.4. The molecule has 0 fully saturated rings. The second-order valence-corrected chi connectivity index (χ2v) is 23.9. The van der Waals surface area contributed by atoms with Gasteiger partial charge in [0.2, 0.25) is 5.91 Å². The standard InChI is InChI=1S/C72H135NO5/c1-3-5-7-9-11-13-15-17-19-36-40-44-48-52-56-60-64-70(75)69(68-74)73-71(76)65-61-57-53-49-45-41-37-34-32-30-28-26-24-22-21-23-25-27-29-31-33-35-39-43-47-51-55-59-63-67-78-72(77)66-62-58-54-50-46-42-38-20-18-16-14-12-10-8-6-4-2/h14,16,20-21,23,38,60,64,69-70,74-75H,3-13,15,17-19,22,24-37,39-59,61-63,65-68H2,1-2H3,(H,73,76)/b16-14-,23-21-,38-20-,64-60+. The van der Waals surface area contributed by atoms with Crippen molar-refractivity contribution in [1.82, 2.24) is 5.32 Å². The first kappa shape index (κ1) is 75.8. The number of carbonyl (C=O) groups excluding carboxylic acids is 2. The fraction of sp³-hybridized carbons (Fsp3) is 0.861. The molecule has 3 N–H and O–H groups in total. The zero-order valence-electron chi connectivity index (χ0n) is 52.4. The van der Waals surface area contributed by atoms with E-state index in [-0.39, 0.29) is 18.5 Å². The first-order valence-electron chi connectivity index (χ1n) is 34.9. The first-order chi connectivity index (χ1) is 38.5. The number of hydrogen-bond donors (Lipinski definition) is 3. The molecule has 0 bridgehead atoms. The van der Waals surface area contributed by atoms with E-state index in [9.17, 15) is 19.8 Å². The molecule has 458 valence electrons. The second kappa shape index (κ2) is 67.3. The highest BCUT2D eigenvalue weighted by atomic mass is 16.5. The van der Waals surface area contributed by atoms with Gasteiger partial charge in [-0.1, -0.05) is 319 Å². The Morgan fingerprint density at radius 3 is 1.00 bits per heavy atom. The Hall–Kier alpha value is -2.18. The minimum atomic E-state index is -0.844. The summed E-state index contributed by atoms with van der Waals surface area (Å²) in [7, 11) is 0. The Labute approximate surface area is 486 Å². The third-order valence-corrected chi connectivity index (χ3v) is 16.1. The largest absolute Gasteiger partial charge is 0.466 e. The minimum Gasteiger partial charge on any atom is -0.466 e. The summed E-state index contributed by atoms with van der Waals surface area (Å²) in [6, 6.07) is -0.628. The van der Waals surface area contributed by atoms with Crippen molar-refractivity contribution in [2.24, 2.45) is 0 Å². The minimum absolute atomic E-state index is 0.00272. The lowest BCUT2D eigenvalue weighted by Crippen LogP contribution is -2.45. The Balaban J connectivity index is 3.39. The lowest BCUT2D eigenvalue weighted by Gasteiger charge is -2.20. The van der Waals surface area contributed by atoms with Crippen molar-refractivity contribution < 1.29 is 24.5 Å². The maximum atomic E-state index is 12.5. The molecule has 0 aliphatic carbocycles. The van der Waals surface area contributed by atoms with Crippen molar-refractivity contribution in [3.05, 3.63) is 48.6 Å². The fourth-order valence-electron chi connectivity index (χ4n) is 10.7. The normalized spacial score (nSPS) is 12.8. The van der Waals surface area contributed by atoms with Crippen LogP contribution in [-0.4, -0.2) is 47.4 Å². The number of unbranched alkanes of at least 4 members (excludes halogenated alkanes) is 48. The van der Waals surface area contributed by atoms with Crippen LogP contribution in [0.1, 0.15) is 373 Å². The first-order valence-corrected chi connectivity index (χ1v) is 34.9. The quantitative estimate of drug-likeness (QED) is 0.0320. The van der Waals surface area contributed by atoms with Crippen LogP contribution in [0.3, 0.4) is 0 Å². The van der Waals surface area contributed by atoms with Gasteiger partial charge in [0.05, 0.1) is 25.4 Å². The van der Waals surface area contributed by atoms with E-state index in [1.807, 2.05) is 6.08 Å². The van der Waals surface area contributed by atoms with E-state index < -0.39 is 12.1 Å². The number of rotatable bonds is 65. The molecule has 6 nitrogen and oxygen atoms in total. The molecule has 0 saturated heterocycles. The van der Waals surface area contributed by atoms with E-state index >= 15 is 0 Å². The summed E-state index contributed by atoms with van der Waals surface area (Å²) in [5.41, 5.74) is 0. The van der Waals surface area contributed by atoms with Crippen LogP contribution in [0.4, 0.5) is 0 Å². The zero-order valence-corrected chi connectivity index (χ0v) is 52.4. The van der Waals surface area contributed by atoms with Gasteiger partial charge in [-0.2, -0.15) is 0 Å². The number of amides is 1. The number of esters is 1. The highest BCUT2D eigenvalue weighted by Crippen LogP contribution is 2.18. The molecule has 1 amide bonds. The van der Waals surface area contributed by atoms with Crippen molar-refractivity contribution in [1.29, 1.82) is 0 Å². The van der Waals surface area contributed by atoms with Crippen LogP contribution in [0.25, 0.3) is 0 Å². The molecule has 0 aromatic heterocycles. The summed E-state index contributed by atoms with van der Waals surface area (Å²) >= 11 is 0. The summed E-state index contributed by atoms with van der Waals surface area (Å²) in [5, 5.41) is 23.2. The maximum absolute atomic E-state index is 12.5. The van der Waals surface area contributed by atoms with Crippen molar-refractivity contribution >= 4 is 11.9 Å². The van der Waals surface area contributed by atoms with E-state index in [1.165, 1.54) is 295 Å². The lowest BCUT2D eigenvalue weighted by molar-refractivity contribution is -0.143. The average Bonchev–Trinajstić information content (AvgIpc) is 3.44. The number of aliphatic hydroxyl groups is 2. The van der Waals surface area contributed by atoms with Gasteiger partial charge in [0, 0.05) is 12.8 Å². The molecular weight excluding hydrogens is 959 g/mol. The highest BCUT2D eigenvalue weighted by Gasteiger charge is 2.18. The van der Waals surface area contributed by atoms with Gasteiger partial charge >= 0.3 is 5.97 Å². The van der Waals surface area contributed by atoms with Gasteiger partial charge in [0.15, 0.2) is 0 Å². The van der Waals surface area contributed by atoms with Crippen LogP contribution < -0.4 is 5.32 Å². The molecule has 0 rings (SSSR count). The van der Waals surface area contributed by atoms with E-state index in [0.717, 1.165) is 51.4 Å². The molecule has 0 aliphatic heterocycles. The van der Waals surface area contributed by atoms with Gasteiger partial charge in [-0.3, -0.25) is 9.59 Å². The molecule has 0 saturated carbocycles. The summed E-state index contributed by atoms with van der Waals surface area (Å²) in [4.78, 5) is 24.6. The van der Waals surface area contributed by atoms with E-state index in [1.54, 1.807) is 6.08 Å². The predicted octanol–water partition coefficient (Wildman–Crippen LogP) is 22.5. The topological polar surface area (TPSA) is 95.9 Å². The van der Waals surface area contributed by atoms with Gasteiger partial charge in [-0.05, 0) is 89.9 Å². The molecule has 0 radical (unpaired) electrons. The van der Waals surface area contributed by atoms with Crippen LogP contribution in [-0.2, 0) is 14.3 Å². The third-order valence-electron chi connectivity index (χ3n) is 16.1. The number of ether oxygens (including phenoxy) is 1. The van der Waals surface area contributed by atoms with Crippen molar-refractivity contribution in [3.63, 3.8) is 0 Å². The zero-order chi connectivity index (χ0) is 56.4. The number of nitrogens with one attached hydrogen (secondary N) is 1. The molecular formula is C72H135NO5. The van der Waals surface area contributed by atoms with Crippen LogP contribution >= 0.6 is 0 Å². The monoisotopic (exact) mass is 1090 g/mol. The van der Waals surface area contributed by atoms with Gasteiger partial charge in [0.25, 0.3) is 0 Å². The molecule has 0 heterocycles. The maximum Gasteiger partial charge on any atom is 0.305 e. The van der Waals surface area contributed by atoms with E-state index in [0.29, 0.717) is 19.4 Å². The Bertz CT molecular complexity index is 1310. The van der Waals surface area contributed by atoms with E-state index in [4.69, 9.17) is 4.74 Å². The second-order valence-electron chi connectivity index (χ2n) is 23.9. The molecule has 6 heteroatoms. The van der Waals surface area contributed by atoms with Crippen molar-refractivity contribution in [2.75, 3.05) is 13.2 Å². The van der Waals surface area contributed by atoms with Gasteiger partial charge < -0.3 is 20.3 Å².